The van der Waals surface area contributed by atoms with E-state index in [2.05, 4.69) is 25.6 Å². The Morgan fingerprint density at radius 2 is 2.05 bits per heavy atom. The molecule has 2 N–H and O–H groups in total. The Morgan fingerprint density at radius 3 is 2.85 bits per heavy atom. The summed E-state index contributed by atoms with van der Waals surface area (Å²) in [6.07, 6.45) is 1.87. The van der Waals surface area contributed by atoms with E-state index in [0.717, 1.165) is 29.8 Å². The standard InChI is InChI=1S/C14H15N5S/c1-2-16-14-18-12-6-4-3-5-11(12)13(19-14)17-8-10-7-15-9-20-10/h3-7,9H,2,8H2,1H3,(H2,16,17,18,19). The largest absolute Gasteiger partial charge is 0.364 e. The van der Waals surface area contributed by atoms with Gasteiger partial charge in [0.25, 0.3) is 0 Å². The number of fused-ring (bicyclic) bond motifs is 1. The molecule has 0 saturated heterocycles. The summed E-state index contributed by atoms with van der Waals surface area (Å²) in [5.41, 5.74) is 2.77. The lowest BCUT2D eigenvalue weighted by Crippen LogP contribution is -2.07. The maximum absolute atomic E-state index is 4.54. The van der Waals surface area contributed by atoms with Gasteiger partial charge in [-0.25, -0.2) is 4.98 Å². The third-order valence-corrected chi connectivity index (χ3v) is 3.63. The van der Waals surface area contributed by atoms with Crippen molar-refractivity contribution < 1.29 is 0 Å². The molecular weight excluding hydrogens is 270 g/mol. The van der Waals surface area contributed by atoms with Crippen LogP contribution in [0, 0.1) is 0 Å². The van der Waals surface area contributed by atoms with E-state index < -0.39 is 0 Å². The van der Waals surface area contributed by atoms with Crippen LogP contribution in [0.15, 0.2) is 36.0 Å². The number of rotatable bonds is 5. The van der Waals surface area contributed by atoms with Gasteiger partial charge in [-0.3, -0.25) is 4.98 Å². The Morgan fingerprint density at radius 1 is 1.15 bits per heavy atom. The fraction of sp³-hybridized carbons (Fsp3) is 0.214. The van der Waals surface area contributed by atoms with E-state index in [1.54, 1.807) is 11.3 Å². The molecule has 0 fully saturated rings. The molecule has 1 aromatic carbocycles. The van der Waals surface area contributed by atoms with Crippen LogP contribution in [0.25, 0.3) is 10.9 Å². The maximum Gasteiger partial charge on any atom is 0.225 e. The van der Waals surface area contributed by atoms with Crippen molar-refractivity contribution in [3.8, 4) is 0 Å². The van der Waals surface area contributed by atoms with Gasteiger partial charge in [-0.1, -0.05) is 12.1 Å². The van der Waals surface area contributed by atoms with E-state index in [9.17, 15) is 0 Å². The molecule has 0 amide bonds. The lowest BCUT2D eigenvalue weighted by Gasteiger charge is -2.10. The van der Waals surface area contributed by atoms with E-state index in [1.807, 2.05) is 42.9 Å². The molecule has 3 rings (SSSR count). The van der Waals surface area contributed by atoms with Gasteiger partial charge in [-0.2, -0.15) is 4.98 Å². The van der Waals surface area contributed by atoms with E-state index in [1.165, 1.54) is 4.88 Å². The predicted molar refractivity (Wildman–Crippen MR) is 83.1 cm³/mol. The second-order valence-corrected chi connectivity index (χ2v) is 5.24. The highest BCUT2D eigenvalue weighted by Crippen LogP contribution is 2.22. The quantitative estimate of drug-likeness (QED) is 0.754. The zero-order valence-electron chi connectivity index (χ0n) is 11.1. The Labute approximate surface area is 121 Å². The smallest absolute Gasteiger partial charge is 0.225 e. The number of para-hydroxylation sites is 1. The van der Waals surface area contributed by atoms with Gasteiger partial charge in [0.05, 0.1) is 17.6 Å². The molecule has 0 spiro atoms. The molecule has 0 bridgehead atoms. The van der Waals surface area contributed by atoms with Gasteiger partial charge in [0.15, 0.2) is 0 Å². The zero-order chi connectivity index (χ0) is 13.8. The fourth-order valence-corrected chi connectivity index (χ4v) is 2.48. The Balaban J connectivity index is 1.94. The summed E-state index contributed by atoms with van der Waals surface area (Å²) in [5.74, 6) is 1.50. The number of hydrogen-bond donors (Lipinski definition) is 2. The molecule has 0 unspecified atom stereocenters. The molecule has 102 valence electrons. The lowest BCUT2D eigenvalue weighted by atomic mass is 10.2. The number of hydrogen-bond acceptors (Lipinski definition) is 6. The van der Waals surface area contributed by atoms with E-state index >= 15 is 0 Å². The van der Waals surface area contributed by atoms with Gasteiger partial charge >= 0.3 is 0 Å². The Kier molecular flexibility index (Phi) is 3.73. The molecule has 0 saturated carbocycles. The highest BCUT2D eigenvalue weighted by molar-refractivity contribution is 7.09. The molecule has 3 aromatic rings. The van der Waals surface area contributed by atoms with Crippen LogP contribution in [0.3, 0.4) is 0 Å². The normalized spacial score (nSPS) is 10.7. The molecule has 0 radical (unpaired) electrons. The van der Waals surface area contributed by atoms with Crippen molar-refractivity contribution in [3.05, 3.63) is 40.8 Å². The first kappa shape index (κ1) is 12.8. The van der Waals surface area contributed by atoms with Gasteiger partial charge in [-0.15, -0.1) is 11.3 Å². The van der Waals surface area contributed by atoms with Gasteiger partial charge in [0.1, 0.15) is 5.82 Å². The van der Waals surface area contributed by atoms with Gasteiger partial charge < -0.3 is 10.6 Å². The third-order valence-electron chi connectivity index (χ3n) is 2.85. The Bertz CT molecular complexity index is 696. The molecule has 0 aliphatic rings. The van der Waals surface area contributed by atoms with Crippen LogP contribution in [-0.4, -0.2) is 21.5 Å². The van der Waals surface area contributed by atoms with Gasteiger partial charge in [0, 0.05) is 23.0 Å². The van der Waals surface area contributed by atoms with E-state index in [0.29, 0.717) is 5.95 Å². The van der Waals surface area contributed by atoms with Crippen LogP contribution in [0.1, 0.15) is 11.8 Å². The summed E-state index contributed by atoms with van der Waals surface area (Å²) in [6, 6.07) is 8.00. The number of aromatic nitrogens is 3. The van der Waals surface area contributed by atoms with Crippen molar-refractivity contribution in [3.63, 3.8) is 0 Å². The van der Waals surface area contributed by atoms with Crippen LogP contribution in [-0.2, 0) is 6.54 Å². The molecule has 2 heterocycles. The molecule has 6 heteroatoms. The van der Waals surface area contributed by atoms with Gasteiger partial charge in [0.2, 0.25) is 5.95 Å². The predicted octanol–water partition coefficient (Wildman–Crippen LogP) is 3.13. The second kappa shape index (κ2) is 5.83. The van der Waals surface area contributed by atoms with Crippen LogP contribution < -0.4 is 10.6 Å². The van der Waals surface area contributed by atoms with Crippen molar-refractivity contribution >= 4 is 34.0 Å². The van der Waals surface area contributed by atoms with Crippen molar-refractivity contribution in [1.82, 2.24) is 15.0 Å². The second-order valence-electron chi connectivity index (χ2n) is 4.26. The van der Waals surface area contributed by atoms with Crippen molar-refractivity contribution in [2.75, 3.05) is 17.2 Å². The first-order valence-corrected chi connectivity index (χ1v) is 7.36. The number of thiazole rings is 1. The number of anilines is 2. The summed E-state index contributed by atoms with van der Waals surface area (Å²) in [4.78, 5) is 14.3. The lowest BCUT2D eigenvalue weighted by molar-refractivity contribution is 1.08. The van der Waals surface area contributed by atoms with Crippen LogP contribution in [0.2, 0.25) is 0 Å². The zero-order valence-corrected chi connectivity index (χ0v) is 11.9. The molecule has 0 aliphatic heterocycles. The third kappa shape index (κ3) is 2.70. The summed E-state index contributed by atoms with van der Waals surface area (Å²) < 4.78 is 0. The highest BCUT2D eigenvalue weighted by Gasteiger charge is 2.07. The number of nitrogens with zero attached hydrogens (tertiary/aromatic N) is 3. The SMILES string of the molecule is CCNc1nc(NCc2cncs2)c2ccccc2n1. The molecule has 0 atom stereocenters. The monoisotopic (exact) mass is 285 g/mol. The molecule has 2 aromatic heterocycles. The highest BCUT2D eigenvalue weighted by atomic mass is 32.1. The maximum atomic E-state index is 4.54. The summed E-state index contributed by atoms with van der Waals surface area (Å²) >= 11 is 1.63. The average molecular weight is 285 g/mol. The average Bonchev–Trinajstić information content (AvgIpc) is 2.98. The van der Waals surface area contributed by atoms with Crippen LogP contribution in [0.5, 0.6) is 0 Å². The first-order valence-electron chi connectivity index (χ1n) is 6.48. The van der Waals surface area contributed by atoms with E-state index in [-0.39, 0.29) is 0 Å². The first-order chi connectivity index (χ1) is 9.86. The number of nitrogens with one attached hydrogen (secondary N) is 2. The molecule has 20 heavy (non-hydrogen) atoms. The Hall–Kier alpha value is -2.21. The van der Waals surface area contributed by atoms with Crippen LogP contribution in [0.4, 0.5) is 11.8 Å². The summed E-state index contributed by atoms with van der Waals surface area (Å²) in [5, 5.41) is 7.56. The van der Waals surface area contributed by atoms with Crippen molar-refractivity contribution in [2.24, 2.45) is 0 Å². The summed E-state index contributed by atoms with van der Waals surface area (Å²) in [6.45, 7) is 3.55. The molecule has 5 nitrogen and oxygen atoms in total. The summed E-state index contributed by atoms with van der Waals surface area (Å²) in [7, 11) is 0. The van der Waals surface area contributed by atoms with Crippen LogP contribution >= 0.6 is 11.3 Å². The van der Waals surface area contributed by atoms with E-state index in [4.69, 9.17) is 0 Å². The van der Waals surface area contributed by atoms with Crippen molar-refractivity contribution in [2.45, 2.75) is 13.5 Å². The topological polar surface area (TPSA) is 62.7 Å². The van der Waals surface area contributed by atoms with Gasteiger partial charge in [-0.05, 0) is 19.1 Å². The van der Waals surface area contributed by atoms with Crippen molar-refractivity contribution in [1.29, 1.82) is 0 Å². The fourth-order valence-electron chi connectivity index (χ4n) is 1.95. The molecular formula is C14H15N5S. The minimum atomic E-state index is 0.651. The minimum absolute atomic E-state index is 0.651. The number of benzene rings is 1. The molecule has 0 aliphatic carbocycles. The minimum Gasteiger partial charge on any atom is -0.364 e.